The highest BCUT2D eigenvalue weighted by molar-refractivity contribution is 14.1. The van der Waals surface area contributed by atoms with Gasteiger partial charge >= 0.3 is 0 Å². The number of fused-ring (bicyclic) bond motifs is 3. The van der Waals surface area contributed by atoms with Gasteiger partial charge in [-0.25, -0.2) is 5.43 Å². The lowest BCUT2D eigenvalue weighted by molar-refractivity contribution is 0.531. The molecule has 0 atom stereocenters. The summed E-state index contributed by atoms with van der Waals surface area (Å²) in [5.74, 6) is 0.987. The second-order valence-corrected chi connectivity index (χ2v) is 5.96. The Bertz CT molecular complexity index is 1030. The molecule has 0 aliphatic heterocycles. The molecule has 1 aromatic carbocycles. The number of para-hydroxylation sites is 1. The zero-order valence-corrected chi connectivity index (χ0v) is 14.2. The summed E-state index contributed by atoms with van der Waals surface area (Å²) in [6.45, 7) is 0. The van der Waals surface area contributed by atoms with Crippen LogP contribution in [-0.4, -0.2) is 26.0 Å². The first-order chi connectivity index (χ1) is 11.2. The summed E-state index contributed by atoms with van der Waals surface area (Å²) in [5, 5.41) is 13.4. The lowest BCUT2D eigenvalue weighted by atomic mass is 10.2. The third kappa shape index (κ3) is 2.54. The van der Waals surface area contributed by atoms with Gasteiger partial charge in [0.1, 0.15) is 11.3 Å². The minimum atomic E-state index is 0.334. The molecular formula is C15H11IN6O. The van der Waals surface area contributed by atoms with Crippen LogP contribution in [0, 0.1) is 3.77 Å². The molecule has 114 valence electrons. The third-order valence-corrected chi connectivity index (χ3v) is 4.04. The Hall–Kier alpha value is -2.49. The van der Waals surface area contributed by atoms with Gasteiger partial charge in [0.2, 0.25) is 0 Å². The van der Waals surface area contributed by atoms with Gasteiger partial charge in [-0.1, -0.05) is 18.2 Å². The molecule has 7 nitrogen and oxygen atoms in total. The van der Waals surface area contributed by atoms with Crippen LogP contribution in [0.2, 0.25) is 0 Å². The van der Waals surface area contributed by atoms with Crippen molar-refractivity contribution in [2.75, 3.05) is 5.43 Å². The molecule has 0 radical (unpaired) electrons. The second kappa shape index (κ2) is 5.61. The molecule has 1 N–H and O–H groups in total. The van der Waals surface area contributed by atoms with Crippen molar-refractivity contribution in [3.05, 3.63) is 45.9 Å². The zero-order valence-electron chi connectivity index (χ0n) is 12.1. The number of nitrogens with zero attached hydrogens (tertiary/aromatic N) is 5. The number of hydrogen-bond acceptors (Lipinski definition) is 6. The van der Waals surface area contributed by atoms with E-state index in [2.05, 4.69) is 48.3 Å². The Morgan fingerprint density at radius 3 is 2.91 bits per heavy atom. The molecule has 4 rings (SSSR count). The molecule has 3 aromatic heterocycles. The summed E-state index contributed by atoms with van der Waals surface area (Å²) < 4.78 is 8.18. The summed E-state index contributed by atoms with van der Waals surface area (Å²) in [7, 11) is 1.96. The molecule has 3 heterocycles. The predicted molar refractivity (Wildman–Crippen MR) is 96.5 cm³/mol. The van der Waals surface area contributed by atoms with Crippen LogP contribution in [0.4, 0.5) is 5.95 Å². The minimum absolute atomic E-state index is 0.334. The molecule has 8 heteroatoms. The highest BCUT2D eigenvalue weighted by Gasteiger charge is 2.11. The van der Waals surface area contributed by atoms with E-state index in [9.17, 15) is 0 Å². The first kappa shape index (κ1) is 14.1. The fourth-order valence-corrected chi connectivity index (χ4v) is 2.84. The summed E-state index contributed by atoms with van der Waals surface area (Å²) in [6, 6.07) is 11.7. The quantitative estimate of drug-likeness (QED) is 0.314. The van der Waals surface area contributed by atoms with Crippen LogP contribution in [0.1, 0.15) is 5.76 Å². The van der Waals surface area contributed by atoms with Gasteiger partial charge in [-0.15, -0.1) is 10.2 Å². The molecule has 0 spiro atoms. The van der Waals surface area contributed by atoms with Crippen molar-refractivity contribution in [3.8, 4) is 0 Å². The summed E-state index contributed by atoms with van der Waals surface area (Å²) >= 11 is 2.10. The standard InChI is InChI=1S/C15H11IN6O/c1-22-11-5-3-2-4-10(11)13-14(22)18-15(21-19-13)20-17-8-9-6-7-12(16)23-9/h2-8H,1H3,(H,18,20,21)/b17-8-. The fourth-order valence-electron chi connectivity index (χ4n) is 2.40. The van der Waals surface area contributed by atoms with Crippen LogP contribution in [0.25, 0.3) is 22.1 Å². The molecule has 0 saturated carbocycles. The van der Waals surface area contributed by atoms with E-state index in [1.807, 2.05) is 48.0 Å². The van der Waals surface area contributed by atoms with Gasteiger partial charge in [-0.2, -0.15) is 10.1 Å². The lowest BCUT2D eigenvalue weighted by Crippen LogP contribution is -2.00. The number of halogens is 1. The molecule has 0 aliphatic rings. The van der Waals surface area contributed by atoms with E-state index >= 15 is 0 Å². The van der Waals surface area contributed by atoms with Gasteiger partial charge < -0.3 is 8.98 Å². The normalized spacial score (nSPS) is 11.7. The topological polar surface area (TPSA) is 81.1 Å². The van der Waals surface area contributed by atoms with Gasteiger partial charge in [-0.05, 0) is 40.8 Å². The van der Waals surface area contributed by atoms with E-state index in [-0.39, 0.29) is 0 Å². The molecule has 4 aromatic rings. The van der Waals surface area contributed by atoms with Crippen LogP contribution in [0.15, 0.2) is 45.9 Å². The van der Waals surface area contributed by atoms with E-state index in [0.717, 1.165) is 25.8 Å². The number of nitrogens with one attached hydrogen (secondary N) is 1. The maximum atomic E-state index is 5.39. The van der Waals surface area contributed by atoms with Crippen LogP contribution in [-0.2, 0) is 7.05 Å². The highest BCUT2D eigenvalue weighted by Crippen LogP contribution is 2.24. The summed E-state index contributed by atoms with van der Waals surface area (Å²) in [4.78, 5) is 4.48. The van der Waals surface area contributed by atoms with Crippen LogP contribution < -0.4 is 5.43 Å². The van der Waals surface area contributed by atoms with Gasteiger partial charge in [0.15, 0.2) is 9.41 Å². The summed E-state index contributed by atoms with van der Waals surface area (Å²) in [6.07, 6.45) is 1.57. The number of benzene rings is 1. The number of hydrogen-bond donors (Lipinski definition) is 1. The largest absolute Gasteiger partial charge is 0.449 e. The van der Waals surface area contributed by atoms with Crippen molar-refractivity contribution in [2.45, 2.75) is 0 Å². The fraction of sp³-hybridized carbons (Fsp3) is 0.0667. The first-order valence-electron chi connectivity index (χ1n) is 6.84. The summed E-state index contributed by atoms with van der Waals surface area (Å²) in [5.41, 5.74) is 5.37. The van der Waals surface area contributed by atoms with Crippen molar-refractivity contribution in [1.82, 2.24) is 19.7 Å². The number of hydrazone groups is 1. The lowest BCUT2D eigenvalue weighted by Gasteiger charge is -1.99. The van der Waals surface area contributed by atoms with Crippen molar-refractivity contribution in [3.63, 3.8) is 0 Å². The van der Waals surface area contributed by atoms with Crippen molar-refractivity contribution >= 4 is 56.8 Å². The van der Waals surface area contributed by atoms with E-state index < -0.39 is 0 Å². The second-order valence-electron chi connectivity index (χ2n) is 4.90. The van der Waals surface area contributed by atoms with Gasteiger partial charge in [-0.3, -0.25) is 0 Å². The van der Waals surface area contributed by atoms with Gasteiger partial charge in [0, 0.05) is 12.4 Å². The van der Waals surface area contributed by atoms with E-state index in [1.54, 1.807) is 6.21 Å². The SMILES string of the molecule is Cn1c2ccccc2c2nnc(N/N=C\c3ccc(I)o3)nc21. The smallest absolute Gasteiger partial charge is 0.265 e. The number of aryl methyl sites for hydroxylation is 1. The number of anilines is 1. The average Bonchev–Trinajstić information content (AvgIpc) is 3.10. The highest BCUT2D eigenvalue weighted by atomic mass is 127. The van der Waals surface area contributed by atoms with Crippen molar-refractivity contribution < 1.29 is 4.42 Å². The minimum Gasteiger partial charge on any atom is -0.449 e. The Morgan fingerprint density at radius 2 is 2.09 bits per heavy atom. The zero-order chi connectivity index (χ0) is 15.8. The van der Waals surface area contributed by atoms with Gasteiger partial charge in [0.25, 0.3) is 5.95 Å². The molecule has 0 unspecified atom stereocenters. The molecule has 0 amide bonds. The van der Waals surface area contributed by atoms with E-state index in [1.165, 1.54) is 0 Å². The molecular weight excluding hydrogens is 407 g/mol. The monoisotopic (exact) mass is 418 g/mol. The maximum absolute atomic E-state index is 5.39. The predicted octanol–water partition coefficient (Wildman–Crippen LogP) is 3.16. The molecule has 0 fully saturated rings. The molecule has 0 saturated heterocycles. The Morgan fingerprint density at radius 1 is 1.22 bits per heavy atom. The number of rotatable bonds is 3. The Labute approximate surface area is 144 Å². The van der Waals surface area contributed by atoms with Crippen LogP contribution in [0.5, 0.6) is 0 Å². The first-order valence-corrected chi connectivity index (χ1v) is 7.92. The number of aromatic nitrogens is 4. The molecule has 0 aliphatic carbocycles. The molecule has 23 heavy (non-hydrogen) atoms. The third-order valence-electron chi connectivity index (χ3n) is 3.46. The van der Waals surface area contributed by atoms with Crippen LogP contribution in [0.3, 0.4) is 0 Å². The average molecular weight is 418 g/mol. The molecule has 0 bridgehead atoms. The van der Waals surface area contributed by atoms with E-state index in [0.29, 0.717) is 11.7 Å². The maximum Gasteiger partial charge on any atom is 0.265 e. The van der Waals surface area contributed by atoms with Crippen LogP contribution >= 0.6 is 22.6 Å². The Balaban J connectivity index is 1.67. The Kier molecular flexibility index (Phi) is 3.45. The van der Waals surface area contributed by atoms with Crippen molar-refractivity contribution in [2.24, 2.45) is 12.1 Å². The van der Waals surface area contributed by atoms with Crippen molar-refractivity contribution in [1.29, 1.82) is 0 Å². The number of furan rings is 1. The van der Waals surface area contributed by atoms with E-state index in [4.69, 9.17) is 4.42 Å². The van der Waals surface area contributed by atoms with Gasteiger partial charge in [0.05, 0.1) is 11.7 Å².